The summed E-state index contributed by atoms with van der Waals surface area (Å²) in [7, 11) is 0. The van der Waals surface area contributed by atoms with E-state index in [1.807, 2.05) is 12.3 Å². The largest absolute Gasteiger partial charge is 0.256 e. The van der Waals surface area contributed by atoms with Gasteiger partial charge in [-0.2, -0.15) is 0 Å². The molecule has 2 rings (SSSR count). The lowest BCUT2D eigenvalue weighted by atomic mass is 10.0. The highest BCUT2D eigenvalue weighted by Gasteiger charge is 2.01. The van der Waals surface area contributed by atoms with Gasteiger partial charge in [0.2, 0.25) is 0 Å². The van der Waals surface area contributed by atoms with Crippen LogP contribution in [0.3, 0.4) is 0 Å². The molecular weight excluding hydrogens is 242 g/mol. The number of rotatable bonds is 9. The Morgan fingerprint density at radius 1 is 0.800 bits per heavy atom. The minimum absolute atomic E-state index is 1.17. The maximum atomic E-state index is 4.53. The predicted molar refractivity (Wildman–Crippen MR) is 88.1 cm³/mol. The van der Waals surface area contributed by atoms with Crippen LogP contribution in [0.15, 0.2) is 36.5 Å². The van der Waals surface area contributed by atoms with E-state index in [2.05, 4.69) is 36.2 Å². The van der Waals surface area contributed by atoms with Gasteiger partial charge in [0.25, 0.3) is 0 Å². The fraction of sp³-hybridized carbons (Fsp3) is 0.526. The summed E-state index contributed by atoms with van der Waals surface area (Å²) in [5, 5.41) is 1.27. The smallest absolute Gasteiger partial charge is 0.0733 e. The van der Waals surface area contributed by atoms with Crippen LogP contribution in [0.5, 0.6) is 0 Å². The van der Waals surface area contributed by atoms with Gasteiger partial charge in [-0.1, -0.05) is 76.1 Å². The molecule has 108 valence electrons. The fourth-order valence-corrected chi connectivity index (χ4v) is 2.82. The van der Waals surface area contributed by atoms with Gasteiger partial charge < -0.3 is 0 Å². The van der Waals surface area contributed by atoms with Gasteiger partial charge in [-0.25, -0.2) is 0 Å². The SMILES string of the molecule is CCCCCCCCCCc1cccc2cccnc12. The van der Waals surface area contributed by atoms with Crippen LogP contribution < -0.4 is 0 Å². The van der Waals surface area contributed by atoms with Crippen molar-refractivity contribution in [1.29, 1.82) is 0 Å². The maximum absolute atomic E-state index is 4.53. The third-order valence-corrected chi connectivity index (χ3v) is 4.02. The molecule has 0 fully saturated rings. The molecule has 1 aromatic heterocycles. The van der Waals surface area contributed by atoms with E-state index >= 15 is 0 Å². The maximum Gasteiger partial charge on any atom is 0.0733 e. The van der Waals surface area contributed by atoms with Crippen molar-refractivity contribution in [2.75, 3.05) is 0 Å². The minimum atomic E-state index is 1.17. The average Bonchev–Trinajstić information content (AvgIpc) is 2.50. The highest BCUT2D eigenvalue weighted by atomic mass is 14.6. The van der Waals surface area contributed by atoms with Crippen molar-refractivity contribution in [2.24, 2.45) is 0 Å². The van der Waals surface area contributed by atoms with Crippen LogP contribution in [0.1, 0.15) is 63.9 Å². The van der Waals surface area contributed by atoms with Crippen molar-refractivity contribution in [3.63, 3.8) is 0 Å². The van der Waals surface area contributed by atoms with Crippen molar-refractivity contribution >= 4 is 10.9 Å². The zero-order valence-electron chi connectivity index (χ0n) is 12.8. The lowest BCUT2D eigenvalue weighted by Crippen LogP contribution is -1.90. The molecule has 0 N–H and O–H groups in total. The van der Waals surface area contributed by atoms with Crippen molar-refractivity contribution in [2.45, 2.75) is 64.7 Å². The number of pyridine rings is 1. The van der Waals surface area contributed by atoms with E-state index in [1.54, 1.807) is 0 Å². The van der Waals surface area contributed by atoms with Crippen LogP contribution in [-0.2, 0) is 6.42 Å². The first-order valence-corrected chi connectivity index (χ1v) is 8.24. The molecule has 0 saturated carbocycles. The van der Waals surface area contributed by atoms with Gasteiger partial charge >= 0.3 is 0 Å². The number of hydrogen-bond donors (Lipinski definition) is 0. The van der Waals surface area contributed by atoms with Crippen LogP contribution >= 0.6 is 0 Å². The van der Waals surface area contributed by atoms with Gasteiger partial charge in [0, 0.05) is 11.6 Å². The Morgan fingerprint density at radius 2 is 1.50 bits per heavy atom. The van der Waals surface area contributed by atoms with Crippen LogP contribution in [0, 0.1) is 0 Å². The number of hydrogen-bond acceptors (Lipinski definition) is 1. The van der Waals surface area contributed by atoms with E-state index in [1.165, 1.54) is 74.3 Å². The van der Waals surface area contributed by atoms with Crippen molar-refractivity contribution < 1.29 is 0 Å². The molecule has 0 saturated heterocycles. The normalized spacial score (nSPS) is 11.1. The molecule has 0 amide bonds. The number of benzene rings is 1. The number of para-hydroxylation sites is 1. The number of aromatic nitrogens is 1. The lowest BCUT2D eigenvalue weighted by molar-refractivity contribution is 0.576. The summed E-state index contributed by atoms with van der Waals surface area (Å²) in [6.45, 7) is 2.28. The molecule has 0 spiro atoms. The number of aryl methyl sites for hydroxylation is 1. The standard InChI is InChI=1S/C19H27N/c1-2-3-4-5-6-7-8-9-12-17-13-10-14-18-15-11-16-20-19(17)18/h10-11,13-16H,2-9,12H2,1H3. The van der Waals surface area contributed by atoms with E-state index in [4.69, 9.17) is 0 Å². The Bertz CT molecular complexity index is 499. The molecule has 0 aliphatic carbocycles. The second kappa shape index (κ2) is 8.73. The minimum Gasteiger partial charge on any atom is -0.256 e. The van der Waals surface area contributed by atoms with E-state index in [9.17, 15) is 0 Å². The Kier molecular flexibility index (Phi) is 6.56. The van der Waals surface area contributed by atoms with E-state index in [-0.39, 0.29) is 0 Å². The topological polar surface area (TPSA) is 12.9 Å². The molecule has 0 aliphatic rings. The average molecular weight is 269 g/mol. The summed E-state index contributed by atoms with van der Waals surface area (Å²) in [5.74, 6) is 0. The molecule has 0 unspecified atom stereocenters. The van der Waals surface area contributed by atoms with Crippen LogP contribution in [-0.4, -0.2) is 4.98 Å². The molecule has 0 atom stereocenters. The quantitative estimate of drug-likeness (QED) is 0.515. The van der Waals surface area contributed by atoms with Crippen molar-refractivity contribution in [1.82, 2.24) is 4.98 Å². The molecule has 1 heterocycles. The van der Waals surface area contributed by atoms with Gasteiger partial charge in [0.15, 0.2) is 0 Å². The van der Waals surface area contributed by atoms with E-state index in [0.717, 1.165) is 0 Å². The zero-order chi connectivity index (χ0) is 14.0. The lowest BCUT2D eigenvalue weighted by Gasteiger charge is -2.05. The molecule has 0 bridgehead atoms. The number of fused-ring (bicyclic) bond motifs is 1. The van der Waals surface area contributed by atoms with Gasteiger partial charge in [-0.05, 0) is 24.5 Å². The first-order chi connectivity index (χ1) is 9.92. The Labute approximate surface area is 123 Å². The molecule has 2 aromatic rings. The molecule has 0 aliphatic heterocycles. The van der Waals surface area contributed by atoms with Crippen molar-refractivity contribution in [3.8, 4) is 0 Å². The summed E-state index contributed by atoms with van der Waals surface area (Å²) >= 11 is 0. The van der Waals surface area contributed by atoms with Gasteiger partial charge in [-0.15, -0.1) is 0 Å². The molecule has 1 heteroatoms. The van der Waals surface area contributed by atoms with Crippen LogP contribution in [0.25, 0.3) is 10.9 Å². The highest BCUT2D eigenvalue weighted by Crippen LogP contribution is 2.18. The predicted octanol–water partition coefficient (Wildman–Crippen LogP) is 5.92. The third kappa shape index (κ3) is 4.63. The Morgan fingerprint density at radius 3 is 2.30 bits per heavy atom. The Balaban J connectivity index is 1.71. The summed E-state index contributed by atoms with van der Waals surface area (Å²) in [5.41, 5.74) is 2.60. The first kappa shape index (κ1) is 15.0. The molecule has 0 radical (unpaired) electrons. The van der Waals surface area contributed by atoms with Crippen LogP contribution in [0.4, 0.5) is 0 Å². The molecule has 20 heavy (non-hydrogen) atoms. The third-order valence-electron chi connectivity index (χ3n) is 4.02. The monoisotopic (exact) mass is 269 g/mol. The highest BCUT2D eigenvalue weighted by molar-refractivity contribution is 5.81. The zero-order valence-corrected chi connectivity index (χ0v) is 12.8. The number of nitrogens with zero attached hydrogens (tertiary/aromatic N) is 1. The van der Waals surface area contributed by atoms with E-state index < -0.39 is 0 Å². The second-order valence-electron chi connectivity index (χ2n) is 5.72. The van der Waals surface area contributed by atoms with E-state index in [0.29, 0.717) is 0 Å². The van der Waals surface area contributed by atoms with Gasteiger partial charge in [0.05, 0.1) is 5.52 Å². The van der Waals surface area contributed by atoms with Crippen molar-refractivity contribution in [3.05, 3.63) is 42.1 Å². The number of unbranched alkanes of at least 4 members (excludes halogenated alkanes) is 7. The summed E-state index contributed by atoms with van der Waals surface area (Å²) < 4.78 is 0. The van der Waals surface area contributed by atoms with Gasteiger partial charge in [-0.3, -0.25) is 4.98 Å². The second-order valence-corrected chi connectivity index (χ2v) is 5.72. The van der Waals surface area contributed by atoms with Gasteiger partial charge in [0.1, 0.15) is 0 Å². The molecule has 1 aromatic carbocycles. The molecular formula is C19H27N. The summed E-state index contributed by atoms with van der Waals surface area (Å²) in [6, 6.07) is 10.7. The molecule has 1 nitrogen and oxygen atoms in total. The van der Waals surface area contributed by atoms with Crippen LogP contribution in [0.2, 0.25) is 0 Å². The Hall–Kier alpha value is -1.37. The summed E-state index contributed by atoms with van der Waals surface area (Å²) in [6.07, 6.45) is 14.1. The summed E-state index contributed by atoms with van der Waals surface area (Å²) in [4.78, 5) is 4.53. The first-order valence-electron chi connectivity index (χ1n) is 8.24. The fourth-order valence-electron chi connectivity index (χ4n) is 2.82.